The lowest BCUT2D eigenvalue weighted by Crippen LogP contribution is -2.22. The third-order valence-electron chi connectivity index (χ3n) is 3.65. The highest BCUT2D eigenvalue weighted by Crippen LogP contribution is 2.26. The highest BCUT2D eigenvalue weighted by Gasteiger charge is 2.14. The van der Waals surface area contributed by atoms with E-state index in [9.17, 15) is 0 Å². The molecule has 0 radical (unpaired) electrons. The van der Waals surface area contributed by atoms with Crippen molar-refractivity contribution in [1.29, 1.82) is 0 Å². The van der Waals surface area contributed by atoms with Gasteiger partial charge in [0.2, 0.25) is 0 Å². The van der Waals surface area contributed by atoms with Gasteiger partial charge in [0, 0.05) is 23.5 Å². The minimum Gasteiger partial charge on any atom is -0.380 e. The summed E-state index contributed by atoms with van der Waals surface area (Å²) in [4.78, 5) is 0. The summed E-state index contributed by atoms with van der Waals surface area (Å²) in [6.07, 6.45) is 7.25. The molecular formula is C15H19ClN4. The number of halogens is 1. The molecule has 1 aliphatic rings. The number of aromatic nitrogens is 2. The van der Waals surface area contributed by atoms with E-state index in [0.29, 0.717) is 6.04 Å². The fraction of sp³-hybridized carbons (Fsp3) is 0.400. The number of hydrogen-bond donors (Lipinski definition) is 2. The van der Waals surface area contributed by atoms with Gasteiger partial charge in [0.25, 0.3) is 0 Å². The molecule has 4 nitrogen and oxygen atoms in total. The zero-order valence-corrected chi connectivity index (χ0v) is 12.1. The van der Waals surface area contributed by atoms with Crippen LogP contribution in [0.4, 0.5) is 5.69 Å². The van der Waals surface area contributed by atoms with Crippen LogP contribution in [0, 0.1) is 0 Å². The van der Waals surface area contributed by atoms with E-state index >= 15 is 0 Å². The first kappa shape index (κ1) is 13.5. The SMILES string of the molecule is Clc1ccc(-n2cccn2)c(NC2CCCNCC2)c1. The van der Waals surface area contributed by atoms with Gasteiger partial charge in [0.15, 0.2) is 0 Å². The molecule has 0 bridgehead atoms. The molecule has 1 aromatic carbocycles. The molecule has 106 valence electrons. The second-order valence-electron chi connectivity index (χ2n) is 5.13. The monoisotopic (exact) mass is 290 g/mol. The number of anilines is 1. The van der Waals surface area contributed by atoms with E-state index in [1.165, 1.54) is 12.8 Å². The maximum Gasteiger partial charge on any atom is 0.0877 e. The van der Waals surface area contributed by atoms with Crippen LogP contribution in [-0.4, -0.2) is 28.9 Å². The van der Waals surface area contributed by atoms with Crippen LogP contribution < -0.4 is 10.6 Å². The summed E-state index contributed by atoms with van der Waals surface area (Å²) in [6, 6.07) is 8.30. The van der Waals surface area contributed by atoms with Gasteiger partial charge in [0.05, 0.1) is 11.4 Å². The van der Waals surface area contributed by atoms with Crippen LogP contribution in [0.15, 0.2) is 36.7 Å². The smallest absolute Gasteiger partial charge is 0.0877 e. The van der Waals surface area contributed by atoms with Crippen LogP contribution in [0.5, 0.6) is 0 Å². The van der Waals surface area contributed by atoms with Gasteiger partial charge in [-0.15, -0.1) is 0 Å². The molecule has 2 N–H and O–H groups in total. The minimum atomic E-state index is 0.484. The van der Waals surface area contributed by atoms with Gasteiger partial charge in [-0.05, 0) is 56.6 Å². The van der Waals surface area contributed by atoms with Gasteiger partial charge in [-0.25, -0.2) is 4.68 Å². The summed E-state index contributed by atoms with van der Waals surface area (Å²) in [6.45, 7) is 2.18. The molecular weight excluding hydrogens is 272 g/mol. The Hall–Kier alpha value is -1.52. The van der Waals surface area contributed by atoms with Crippen molar-refractivity contribution in [3.05, 3.63) is 41.7 Å². The van der Waals surface area contributed by atoms with E-state index in [-0.39, 0.29) is 0 Å². The number of benzene rings is 1. The van der Waals surface area contributed by atoms with Crippen LogP contribution in [0.1, 0.15) is 19.3 Å². The Bertz CT molecular complexity index is 545. The van der Waals surface area contributed by atoms with Crippen molar-refractivity contribution in [3.63, 3.8) is 0 Å². The molecule has 1 atom stereocenters. The fourth-order valence-electron chi connectivity index (χ4n) is 2.62. The molecule has 2 heterocycles. The molecule has 20 heavy (non-hydrogen) atoms. The average molecular weight is 291 g/mol. The highest BCUT2D eigenvalue weighted by molar-refractivity contribution is 6.31. The van der Waals surface area contributed by atoms with E-state index in [0.717, 1.165) is 35.9 Å². The topological polar surface area (TPSA) is 41.9 Å². The highest BCUT2D eigenvalue weighted by atomic mass is 35.5. The lowest BCUT2D eigenvalue weighted by atomic mass is 10.1. The fourth-order valence-corrected chi connectivity index (χ4v) is 2.79. The van der Waals surface area contributed by atoms with Crippen LogP contribution in [0.3, 0.4) is 0 Å². The van der Waals surface area contributed by atoms with Crippen molar-refractivity contribution in [3.8, 4) is 5.69 Å². The third kappa shape index (κ3) is 3.14. The second-order valence-corrected chi connectivity index (χ2v) is 5.57. The number of hydrogen-bond acceptors (Lipinski definition) is 3. The van der Waals surface area contributed by atoms with E-state index in [4.69, 9.17) is 11.6 Å². The maximum absolute atomic E-state index is 6.15. The molecule has 2 aromatic rings. The Labute approximate surface area is 124 Å². The van der Waals surface area contributed by atoms with Crippen LogP contribution in [0.2, 0.25) is 5.02 Å². The first-order valence-corrected chi connectivity index (χ1v) is 7.47. The van der Waals surface area contributed by atoms with Crippen molar-refractivity contribution in [2.24, 2.45) is 0 Å². The second kappa shape index (κ2) is 6.29. The van der Waals surface area contributed by atoms with Crippen molar-refractivity contribution in [2.75, 3.05) is 18.4 Å². The van der Waals surface area contributed by atoms with Gasteiger partial charge < -0.3 is 10.6 Å². The van der Waals surface area contributed by atoms with E-state index in [2.05, 4.69) is 15.7 Å². The van der Waals surface area contributed by atoms with E-state index in [1.807, 2.05) is 35.1 Å². The van der Waals surface area contributed by atoms with Gasteiger partial charge in [-0.2, -0.15) is 5.10 Å². The summed E-state index contributed by atoms with van der Waals surface area (Å²) in [5.41, 5.74) is 2.09. The zero-order valence-electron chi connectivity index (χ0n) is 11.3. The molecule has 1 aliphatic heterocycles. The van der Waals surface area contributed by atoms with Gasteiger partial charge in [0.1, 0.15) is 0 Å². The van der Waals surface area contributed by atoms with Crippen molar-refractivity contribution >= 4 is 17.3 Å². The molecule has 0 aliphatic carbocycles. The first-order valence-electron chi connectivity index (χ1n) is 7.10. The Morgan fingerprint density at radius 2 is 2.25 bits per heavy atom. The Morgan fingerprint density at radius 3 is 3.10 bits per heavy atom. The van der Waals surface area contributed by atoms with Crippen LogP contribution in [0.25, 0.3) is 5.69 Å². The van der Waals surface area contributed by atoms with Crippen LogP contribution in [-0.2, 0) is 0 Å². The largest absolute Gasteiger partial charge is 0.380 e. The van der Waals surface area contributed by atoms with E-state index in [1.54, 1.807) is 6.20 Å². The summed E-state index contributed by atoms with van der Waals surface area (Å²) >= 11 is 6.15. The Morgan fingerprint density at radius 1 is 1.30 bits per heavy atom. The first-order chi connectivity index (χ1) is 9.83. The predicted molar refractivity (Wildman–Crippen MR) is 82.7 cm³/mol. The Balaban J connectivity index is 1.85. The average Bonchev–Trinajstić information content (AvgIpc) is 2.85. The quantitative estimate of drug-likeness (QED) is 0.913. The molecule has 1 unspecified atom stereocenters. The number of nitrogens with zero attached hydrogens (tertiary/aromatic N) is 2. The summed E-state index contributed by atoms with van der Waals surface area (Å²) in [5.74, 6) is 0. The van der Waals surface area contributed by atoms with E-state index < -0.39 is 0 Å². The van der Waals surface area contributed by atoms with Crippen LogP contribution >= 0.6 is 11.6 Å². The minimum absolute atomic E-state index is 0.484. The molecule has 0 spiro atoms. The Kier molecular flexibility index (Phi) is 4.23. The summed E-state index contributed by atoms with van der Waals surface area (Å²) < 4.78 is 1.87. The molecule has 3 rings (SSSR count). The van der Waals surface area contributed by atoms with Gasteiger partial charge in [-0.3, -0.25) is 0 Å². The molecule has 1 fully saturated rings. The maximum atomic E-state index is 6.15. The van der Waals surface area contributed by atoms with Crippen molar-refractivity contribution in [2.45, 2.75) is 25.3 Å². The third-order valence-corrected chi connectivity index (χ3v) is 3.88. The molecule has 0 saturated carbocycles. The zero-order chi connectivity index (χ0) is 13.8. The molecule has 1 saturated heterocycles. The van der Waals surface area contributed by atoms with Gasteiger partial charge in [-0.1, -0.05) is 11.6 Å². The molecule has 0 amide bonds. The lowest BCUT2D eigenvalue weighted by Gasteiger charge is -2.20. The molecule has 1 aromatic heterocycles. The normalized spacial score (nSPS) is 19.6. The lowest BCUT2D eigenvalue weighted by molar-refractivity contribution is 0.636. The molecule has 5 heteroatoms. The van der Waals surface area contributed by atoms with Crippen molar-refractivity contribution in [1.82, 2.24) is 15.1 Å². The summed E-state index contributed by atoms with van der Waals surface area (Å²) in [5, 5.41) is 12.1. The van der Waals surface area contributed by atoms with Crippen molar-refractivity contribution < 1.29 is 0 Å². The standard InChI is InChI=1S/C15H19ClN4/c16-12-4-5-15(20-10-2-8-18-20)14(11-12)19-13-3-1-7-17-9-6-13/h2,4-5,8,10-11,13,17,19H,1,3,6-7,9H2. The predicted octanol–water partition coefficient (Wildman–Crippen LogP) is 3.08. The number of rotatable bonds is 3. The number of nitrogens with one attached hydrogen (secondary N) is 2. The summed E-state index contributed by atoms with van der Waals surface area (Å²) in [7, 11) is 0. The van der Waals surface area contributed by atoms with Gasteiger partial charge >= 0.3 is 0 Å².